The first kappa shape index (κ1) is 14.0. The first-order valence-electron chi connectivity index (χ1n) is 6.91. The van der Waals surface area contributed by atoms with Gasteiger partial charge in [0.2, 0.25) is 0 Å². The van der Waals surface area contributed by atoms with Crippen molar-refractivity contribution < 1.29 is 9.53 Å². The van der Waals surface area contributed by atoms with E-state index in [-0.39, 0.29) is 12.1 Å². The molecule has 21 heavy (non-hydrogen) atoms. The number of rotatable bonds is 3. The highest BCUT2D eigenvalue weighted by Crippen LogP contribution is 2.27. The molecule has 2 amide bonds. The summed E-state index contributed by atoms with van der Waals surface area (Å²) in [5, 5.41) is 6.34. The molecule has 1 aliphatic rings. The second-order valence-corrected chi connectivity index (χ2v) is 6.01. The third kappa shape index (κ3) is 3.40. The van der Waals surface area contributed by atoms with E-state index < -0.39 is 0 Å². The predicted octanol–water partition coefficient (Wildman–Crippen LogP) is 3.10. The largest absolute Gasteiger partial charge is 0.375 e. The van der Waals surface area contributed by atoms with E-state index in [1.165, 1.54) is 11.3 Å². The molecule has 110 valence electrons. The summed E-state index contributed by atoms with van der Waals surface area (Å²) in [5.41, 5.74) is 2.11. The highest BCUT2D eigenvalue weighted by Gasteiger charge is 2.17. The Balaban J connectivity index is 1.60. The lowest BCUT2D eigenvalue weighted by Gasteiger charge is -2.14. The van der Waals surface area contributed by atoms with Crippen LogP contribution >= 0.6 is 11.3 Å². The van der Waals surface area contributed by atoms with Gasteiger partial charge in [-0.05, 0) is 12.5 Å². The molecular weight excluding hydrogens is 286 g/mol. The van der Waals surface area contributed by atoms with E-state index in [4.69, 9.17) is 4.74 Å². The number of nitrogens with zero attached hydrogens (tertiary/aromatic N) is 1. The van der Waals surface area contributed by atoms with Gasteiger partial charge in [-0.3, -0.25) is 5.32 Å². The summed E-state index contributed by atoms with van der Waals surface area (Å²) in [7, 11) is 0. The highest BCUT2D eigenvalue weighted by molar-refractivity contribution is 7.15. The van der Waals surface area contributed by atoms with Gasteiger partial charge in [0, 0.05) is 6.42 Å². The first-order chi connectivity index (χ1) is 10.2. The Morgan fingerprint density at radius 2 is 2.19 bits per heavy atom. The van der Waals surface area contributed by atoms with Gasteiger partial charge < -0.3 is 10.1 Å². The number of thiazole rings is 1. The van der Waals surface area contributed by atoms with E-state index in [2.05, 4.69) is 15.6 Å². The normalized spacial score (nSPS) is 15.1. The number of carbonyl (C=O) groups is 1. The van der Waals surface area contributed by atoms with Gasteiger partial charge in [0.25, 0.3) is 0 Å². The number of nitrogens with one attached hydrogen (secondary N) is 2. The van der Waals surface area contributed by atoms with E-state index in [1.54, 1.807) is 0 Å². The third-order valence-electron chi connectivity index (χ3n) is 3.36. The summed E-state index contributed by atoms with van der Waals surface area (Å²) in [6.07, 6.45) is 0.815. The number of anilines is 1. The molecule has 2 heterocycles. The average molecular weight is 303 g/mol. The zero-order valence-corrected chi connectivity index (χ0v) is 12.6. The molecule has 2 N–H and O–H groups in total. The number of hydrogen-bond donors (Lipinski definition) is 2. The Morgan fingerprint density at radius 1 is 1.38 bits per heavy atom. The van der Waals surface area contributed by atoms with Crippen molar-refractivity contribution in [2.75, 3.05) is 11.9 Å². The van der Waals surface area contributed by atoms with Crippen LogP contribution in [0.5, 0.6) is 0 Å². The van der Waals surface area contributed by atoms with Crippen LogP contribution in [0.3, 0.4) is 0 Å². The SMILES string of the molecule is C[C@H](NC(=O)Nc1nc2c(s1)COCC2)c1ccccc1. The monoisotopic (exact) mass is 303 g/mol. The Kier molecular flexibility index (Phi) is 4.17. The Labute approximate surface area is 127 Å². The zero-order valence-electron chi connectivity index (χ0n) is 11.8. The van der Waals surface area contributed by atoms with Crippen molar-refractivity contribution in [3.05, 3.63) is 46.5 Å². The van der Waals surface area contributed by atoms with Gasteiger partial charge in [-0.1, -0.05) is 41.7 Å². The quantitative estimate of drug-likeness (QED) is 0.916. The molecule has 0 fully saturated rings. The number of carbonyl (C=O) groups excluding carboxylic acids is 1. The van der Waals surface area contributed by atoms with Crippen molar-refractivity contribution in [3.8, 4) is 0 Å². The summed E-state index contributed by atoms with van der Waals surface area (Å²) in [6, 6.07) is 9.57. The molecule has 0 spiro atoms. The minimum atomic E-state index is -0.238. The van der Waals surface area contributed by atoms with Crippen LogP contribution in [0.2, 0.25) is 0 Å². The number of aromatic nitrogens is 1. The summed E-state index contributed by atoms with van der Waals surface area (Å²) < 4.78 is 5.38. The maximum Gasteiger partial charge on any atom is 0.321 e. The van der Waals surface area contributed by atoms with Crippen molar-refractivity contribution in [2.45, 2.75) is 26.0 Å². The summed E-state index contributed by atoms with van der Waals surface area (Å²) in [5.74, 6) is 0. The minimum absolute atomic E-state index is 0.0517. The van der Waals surface area contributed by atoms with Crippen LogP contribution in [0.1, 0.15) is 29.1 Å². The highest BCUT2D eigenvalue weighted by atomic mass is 32.1. The van der Waals surface area contributed by atoms with Gasteiger partial charge in [-0.25, -0.2) is 9.78 Å². The van der Waals surface area contributed by atoms with Crippen LogP contribution in [0.4, 0.5) is 9.93 Å². The van der Waals surface area contributed by atoms with E-state index in [9.17, 15) is 4.79 Å². The topological polar surface area (TPSA) is 63.2 Å². The number of fused-ring (bicyclic) bond motifs is 1. The third-order valence-corrected chi connectivity index (χ3v) is 4.35. The summed E-state index contributed by atoms with van der Waals surface area (Å²) in [4.78, 5) is 17.6. The van der Waals surface area contributed by atoms with Gasteiger partial charge in [0.05, 0.1) is 29.8 Å². The van der Waals surface area contributed by atoms with E-state index in [1.807, 2.05) is 37.3 Å². The fourth-order valence-corrected chi connectivity index (χ4v) is 3.17. The van der Waals surface area contributed by atoms with Crippen LogP contribution in [-0.4, -0.2) is 17.6 Å². The van der Waals surface area contributed by atoms with Crippen LogP contribution < -0.4 is 10.6 Å². The van der Waals surface area contributed by atoms with Gasteiger partial charge in [-0.2, -0.15) is 0 Å². The first-order valence-corrected chi connectivity index (χ1v) is 7.73. The fraction of sp³-hybridized carbons (Fsp3) is 0.333. The molecule has 0 saturated carbocycles. The number of benzene rings is 1. The van der Waals surface area contributed by atoms with Gasteiger partial charge >= 0.3 is 6.03 Å². The smallest absolute Gasteiger partial charge is 0.321 e. The molecule has 3 rings (SSSR count). The lowest BCUT2D eigenvalue weighted by Crippen LogP contribution is -2.31. The van der Waals surface area contributed by atoms with Crippen molar-refractivity contribution in [1.82, 2.24) is 10.3 Å². The Hall–Kier alpha value is -1.92. The second kappa shape index (κ2) is 6.24. The lowest BCUT2D eigenvalue weighted by molar-refractivity contribution is 0.112. The predicted molar refractivity (Wildman–Crippen MR) is 82.5 cm³/mol. The molecule has 2 aromatic rings. The van der Waals surface area contributed by atoms with Gasteiger partial charge in [0.1, 0.15) is 0 Å². The molecule has 0 bridgehead atoms. The van der Waals surface area contributed by atoms with E-state index in [0.29, 0.717) is 18.3 Å². The summed E-state index contributed by atoms with van der Waals surface area (Å²) in [6.45, 7) is 3.25. The van der Waals surface area contributed by atoms with E-state index >= 15 is 0 Å². The van der Waals surface area contributed by atoms with Crippen LogP contribution in [0.25, 0.3) is 0 Å². The zero-order chi connectivity index (χ0) is 14.7. The molecule has 0 unspecified atom stereocenters. The van der Waals surface area contributed by atoms with Gasteiger partial charge in [0.15, 0.2) is 5.13 Å². The average Bonchev–Trinajstić information content (AvgIpc) is 2.90. The number of urea groups is 1. The van der Waals surface area contributed by atoms with Crippen molar-refractivity contribution in [2.24, 2.45) is 0 Å². The molecule has 1 aliphatic heterocycles. The van der Waals surface area contributed by atoms with Crippen molar-refractivity contribution >= 4 is 22.5 Å². The number of hydrogen-bond acceptors (Lipinski definition) is 4. The molecular formula is C15H17N3O2S. The fourth-order valence-electron chi connectivity index (χ4n) is 2.23. The van der Waals surface area contributed by atoms with Gasteiger partial charge in [-0.15, -0.1) is 0 Å². The molecule has 0 saturated heterocycles. The summed E-state index contributed by atoms with van der Waals surface area (Å²) >= 11 is 1.48. The number of ether oxygens (including phenoxy) is 1. The van der Waals surface area contributed by atoms with Crippen LogP contribution in [0, 0.1) is 0 Å². The molecule has 1 aromatic heterocycles. The maximum absolute atomic E-state index is 12.0. The molecule has 0 aliphatic carbocycles. The molecule has 5 nitrogen and oxygen atoms in total. The molecule has 1 aromatic carbocycles. The lowest BCUT2D eigenvalue weighted by atomic mass is 10.1. The van der Waals surface area contributed by atoms with Crippen molar-refractivity contribution in [1.29, 1.82) is 0 Å². The Bertz CT molecular complexity index is 604. The van der Waals surface area contributed by atoms with E-state index in [0.717, 1.165) is 22.6 Å². The standard InChI is InChI=1S/C15H17N3O2S/c1-10(11-5-3-2-4-6-11)16-14(19)18-15-17-12-7-8-20-9-13(12)21-15/h2-6,10H,7-9H2,1H3,(H2,16,17,18,19)/t10-/m0/s1. The van der Waals surface area contributed by atoms with Crippen LogP contribution in [-0.2, 0) is 17.8 Å². The molecule has 6 heteroatoms. The molecule has 1 atom stereocenters. The van der Waals surface area contributed by atoms with Crippen LogP contribution in [0.15, 0.2) is 30.3 Å². The molecule has 0 radical (unpaired) electrons. The number of amides is 2. The minimum Gasteiger partial charge on any atom is -0.375 e. The second-order valence-electron chi connectivity index (χ2n) is 4.92. The Morgan fingerprint density at radius 3 is 2.95 bits per heavy atom. The maximum atomic E-state index is 12.0. The van der Waals surface area contributed by atoms with Crippen molar-refractivity contribution in [3.63, 3.8) is 0 Å².